The van der Waals surface area contributed by atoms with Gasteiger partial charge in [-0.25, -0.2) is 18.1 Å². The Balaban J connectivity index is 1.41. The molecule has 1 fully saturated rings. The van der Waals surface area contributed by atoms with Crippen molar-refractivity contribution in [2.45, 2.75) is 51.7 Å². The Labute approximate surface area is 227 Å². The molecule has 7 nitrogen and oxygen atoms in total. The fourth-order valence-electron chi connectivity index (χ4n) is 4.51. The van der Waals surface area contributed by atoms with Crippen LogP contribution in [0.3, 0.4) is 0 Å². The van der Waals surface area contributed by atoms with Crippen molar-refractivity contribution in [1.82, 2.24) is 9.71 Å². The lowest BCUT2D eigenvalue weighted by molar-refractivity contribution is -0.147. The molecule has 2 aromatic heterocycles. The summed E-state index contributed by atoms with van der Waals surface area (Å²) in [5.74, 6) is 0.357. The summed E-state index contributed by atoms with van der Waals surface area (Å²) in [6, 6.07) is 15.0. The normalized spacial score (nSPS) is 17.9. The lowest BCUT2D eigenvalue weighted by Crippen LogP contribution is -2.30. The van der Waals surface area contributed by atoms with Crippen molar-refractivity contribution >= 4 is 38.9 Å². The molecule has 0 bridgehead atoms. The predicted octanol–water partition coefficient (Wildman–Crippen LogP) is 5.54. The third-order valence-corrected chi connectivity index (χ3v) is 9.14. The molecule has 1 aliphatic carbocycles. The summed E-state index contributed by atoms with van der Waals surface area (Å²) in [6.45, 7) is 2.01. The molecule has 10 heteroatoms. The predicted molar refractivity (Wildman–Crippen MR) is 146 cm³/mol. The average molecular weight is 563 g/mol. The Hall–Kier alpha value is -2.46. The van der Waals surface area contributed by atoms with Crippen LogP contribution in [0, 0.1) is 12.8 Å². The number of aromatic nitrogens is 1. The van der Waals surface area contributed by atoms with Crippen molar-refractivity contribution in [3.8, 4) is 16.3 Å². The van der Waals surface area contributed by atoms with Crippen LogP contribution in [0.2, 0.25) is 4.34 Å². The SMILES string of the molecule is COC(=O)[C@H]1CCC[C@H](Oc2ccc(-c3sc(Cl)cc3CNS(=O)(=O)CCc3ccccc3)nc2C)C1. The highest BCUT2D eigenvalue weighted by atomic mass is 35.5. The number of carbonyl (C=O) groups excluding carboxylic acids is 1. The molecule has 0 unspecified atom stereocenters. The number of esters is 1. The molecule has 37 heavy (non-hydrogen) atoms. The molecule has 4 rings (SSSR count). The number of pyridine rings is 1. The number of methoxy groups -OCH3 is 1. The first-order valence-electron chi connectivity index (χ1n) is 12.3. The number of carbonyl (C=O) groups is 1. The molecular weight excluding hydrogens is 532 g/mol. The first-order valence-corrected chi connectivity index (χ1v) is 15.1. The van der Waals surface area contributed by atoms with E-state index in [9.17, 15) is 13.2 Å². The van der Waals surface area contributed by atoms with E-state index in [-0.39, 0.29) is 30.3 Å². The molecule has 198 valence electrons. The fraction of sp³-hybridized carbons (Fsp3) is 0.407. The summed E-state index contributed by atoms with van der Waals surface area (Å²) >= 11 is 7.67. The van der Waals surface area contributed by atoms with Gasteiger partial charge in [0.15, 0.2) is 0 Å². The summed E-state index contributed by atoms with van der Waals surface area (Å²) in [6.07, 6.45) is 3.61. The minimum absolute atomic E-state index is 0.00557. The zero-order valence-corrected chi connectivity index (χ0v) is 23.3. The van der Waals surface area contributed by atoms with E-state index in [0.29, 0.717) is 28.6 Å². The molecule has 0 saturated heterocycles. The monoisotopic (exact) mass is 562 g/mol. The molecule has 1 aromatic carbocycles. The Morgan fingerprint density at radius 3 is 2.70 bits per heavy atom. The van der Waals surface area contributed by atoms with Crippen molar-refractivity contribution in [2.24, 2.45) is 5.92 Å². The number of aryl methyl sites for hydroxylation is 2. The van der Waals surface area contributed by atoms with Gasteiger partial charge in [0.2, 0.25) is 10.0 Å². The van der Waals surface area contributed by atoms with Gasteiger partial charge in [0.05, 0.1) is 45.5 Å². The second kappa shape index (κ2) is 12.4. The summed E-state index contributed by atoms with van der Waals surface area (Å²) in [5, 5.41) is 0. The largest absolute Gasteiger partial charge is 0.489 e. The Morgan fingerprint density at radius 1 is 1.19 bits per heavy atom. The smallest absolute Gasteiger partial charge is 0.308 e. The van der Waals surface area contributed by atoms with Gasteiger partial charge in [0, 0.05) is 6.54 Å². The first kappa shape index (κ1) is 27.6. The minimum atomic E-state index is -3.47. The number of halogens is 1. The molecule has 0 spiro atoms. The first-order chi connectivity index (χ1) is 17.7. The van der Waals surface area contributed by atoms with Gasteiger partial charge in [0.25, 0.3) is 0 Å². The summed E-state index contributed by atoms with van der Waals surface area (Å²) < 4.78 is 39.6. The molecule has 1 N–H and O–H groups in total. The number of nitrogens with zero attached hydrogens (tertiary/aromatic N) is 1. The molecule has 3 aromatic rings. The van der Waals surface area contributed by atoms with Crippen LogP contribution in [0.1, 0.15) is 42.5 Å². The van der Waals surface area contributed by atoms with Gasteiger partial charge in [-0.15, -0.1) is 11.3 Å². The number of nitrogens with one attached hydrogen (secondary N) is 1. The van der Waals surface area contributed by atoms with E-state index >= 15 is 0 Å². The van der Waals surface area contributed by atoms with Gasteiger partial charge in [-0.3, -0.25) is 4.79 Å². The van der Waals surface area contributed by atoms with Crippen molar-refractivity contribution in [3.63, 3.8) is 0 Å². The van der Waals surface area contributed by atoms with Crippen LogP contribution in [-0.4, -0.2) is 38.3 Å². The molecule has 2 heterocycles. The number of hydrogen-bond donors (Lipinski definition) is 1. The van der Waals surface area contributed by atoms with Crippen LogP contribution in [0.15, 0.2) is 48.5 Å². The van der Waals surface area contributed by atoms with E-state index in [1.54, 1.807) is 6.07 Å². The molecule has 1 saturated carbocycles. The number of hydrogen-bond acceptors (Lipinski definition) is 7. The lowest BCUT2D eigenvalue weighted by atomic mass is 9.87. The lowest BCUT2D eigenvalue weighted by Gasteiger charge is -2.28. The number of benzene rings is 1. The second-order valence-corrected chi connectivity index (χ2v) is 12.8. The second-order valence-electron chi connectivity index (χ2n) is 9.19. The summed E-state index contributed by atoms with van der Waals surface area (Å²) in [7, 11) is -2.06. The topological polar surface area (TPSA) is 94.6 Å². The van der Waals surface area contributed by atoms with Crippen LogP contribution in [0.25, 0.3) is 10.6 Å². The average Bonchev–Trinajstić information content (AvgIpc) is 3.28. The fourth-order valence-corrected chi connectivity index (χ4v) is 6.78. The van der Waals surface area contributed by atoms with E-state index < -0.39 is 10.0 Å². The molecule has 1 aliphatic rings. The molecule has 0 aliphatic heterocycles. The van der Waals surface area contributed by atoms with Gasteiger partial charge in [-0.05, 0) is 68.4 Å². The van der Waals surface area contributed by atoms with Gasteiger partial charge in [0.1, 0.15) is 5.75 Å². The highest BCUT2D eigenvalue weighted by Crippen LogP contribution is 2.36. The van der Waals surface area contributed by atoms with Gasteiger partial charge in [-0.2, -0.15) is 0 Å². The molecular formula is C27H31ClN2O5S2. The van der Waals surface area contributed by atoms with Crippen molar-refractivity contribution in [3.05, 3.63) is 69.7 Å². The maximum atomic E-state index is 12.6. The van der Waals surface area contributed by atoms with Crippen LogP contribution >= 0.6 is 22.9 Å². The van der Waals surface area contributed by atoms with Crippen molar-refractivity contribution < 1.29 is 22.7 Å². The number of thiophene rings is 1. The van der Waals surface area contributed by atoms with Crippen LogP contribution < -0.4 is 9.46 Å². The van der Waals surface area contributed by atoms with Gasteiger partial charge < -0.3 is 9.47 Å². The Bertz CT molecular complexity index is 1330. The van der Waals surface area contributed by atoms with E-state index in [4.69, 9.17) is 26.1 Å². The van der Waals surface area contributed by atoms with E-state index in [1.807, 2.05) is 49.4 Å². The maximum absolute atomic E-state index is 12.6. The number of sulfonamides is 1. The highest BCUT2D eigenvalue weighted by molar-refractivity contribution is 7.89. The highest BCUT2D eigenvalue weighted by Gasteiger charge is 2.29. The van der Waals surface area contributed by atoms with Crippen molar-refractivity contribution in [2.75, 3.05) is 12.9 Å². The van der Waals surface area contributed by atoms with Crippen LogP contribution in [-0.2, 0) is 32.5 Å². The zero-order valence-electron chi connectivity index (χ0n) is 20.9. The van der Waals surface area contributed by atoms with E-state index in [1.165, 1.54) is 18.4 Å². The third kappa shape index (κ3) is 7.54. The van der Waals surface area contributed by atoms with Crippen LogP contribution in [0.4, 0.5) is 0 Å². The molecule has 0 amide bonds. The standard InChI is InChI=1S/C27H31ClN2O5S2/c1-18-24(35-22-10-6-9-20(15-22)27(31)34-2)12-11-23(30-18)26-21(16-25(28)36-26)17-29-37(32,33)14-13-19-7-4-3-5-8-19/h3-5,7-8,11-12,16,20,22,29H,6,9-10,13-15,17H2,1-2H3/t20-,22-/m0/s1. The number of rotatable bonds is 10. The molecule has 2 atom stereocenters. The number of ether oxygens (including phenoxy) is 2. The summed E-state index contributed by atoms with van der Waals surface area (Å²) in [4.78, 5) is 17.5. The Kier molecular flexibility index (Phi) is 9.23. The van der Waals surface area contributed by atoms with Crippen molar-refractivity contribution in [1.29, 1.82) is 0 Å². The maximum Gasteiger partial charge on any atom is 0.308 e. The summed E-state index contributed by atoms with van der Waals surface area (Å²) in [5.41, 5.74) is 3.17. The quantitative estimate of drug-likeness (QED) is 0.326. The van der Waals surface area contributed by atoms with E-state index in [2.05, 4.69) is 4.72 Å². The van der Waals surface area contributed by atoms with E-state index in [0.717, 1.165) is 41.0 Å². The third-order valence-electron chi connectivity index (χ3n) is 6.49. The molecule has 0 radical (unpaired) electrons. The zero-order chi connectivity index (χ0) is 26.4. The Morgan fingerprint density at radius 2 is 1.97 bits per heavy atom. The van der Waals surface area contributed by atoms with Gasteiger partial charge >= 0.3 is 5.97 Å². The minimum Gasteiger partial charge on any atom is -0.489 e. The van der Waals surface area contributed by atoms with Gasteiger partial charge in [-0.1, -0.05) is 41.9 Å². The van der Waals surface area contributed by atoms with Crippen LogP contribution in [0.5, 0.6) is 5.75 Å².